The first kappa shape index (κ1) is 16.4. The van der Waals surface area contributed by atoms with Crippen LogP contribution in [0, 0.1) is 0 Å². The second kappa shape index (κ2) is 7.36. The molecule has 0 amide bonds. The van der Waals surface area contributed by atoms with Crippen molar-refractivity contribution in [3.63, 3.8) is 0 Å². The van der Waals surface area contributed by atoms with E-state index < -0.39 is 0 Å². The van der Waals surface area contributed by atoms with Crippen LogP contribution in [0.3, 0.4) is 0 Å². The predicted molar refractivity (Wildman–Crippen MR) is 85.4 cm³/mol. The third kappa shape index (κ3) is 3.83. The molecule has 1 aliphatic rings. The summed E-state index contributed by atoms with van der Waals surface area (Å²) in [4.78, 5) is 2.43. The molecule has 21 heavy (non-hydrogen) atoms. The van der Waals surface area contributed by atoms with Crippen molar-refractivity contribution in [2.24, 2.45) is 5.73 Å². The number of ether oxygens (including phenoxy) is 2. The van der Waals surface area contributed by atoms with Crippen LogP contribution in [0.25, 0.3) is 0 Å². The van der Waals surface area contributed by atoms with Crippen LogP contribution in [0.2, 0.25) is 0 Å². The Morgan fingerprint density at radius 3 is 2.19 bits per heavy atom. The van der Waals surface area contributed by atoms with Gasteiger partial charge in [-0.2, -0.15) is 0 Å². The average Bonchev–Trinajstić information content (AvgIpc) is 2.97. The number of aryl methyl sites for hydroxylation is 1. The van der Waals surface area contributed by atoms with Crippen molar-refractivity contribution >= 4 is 0 Å². The molecule has 4 heteroatoms. The van der Waals surface area contributed by atoms with Gasteiger partial charge in [-0.15, -0.1) is 0 Å². The Balaban J connectivity index is 2.00. The molecule has 3 atom stereocenters. The Bertz CT molecular complexity index is 414. The molecule has 4 nitrogen and oxygen atoms in total. The number of nitrogens with two attached hydrogens (primary N) is 1. The lowest BCUT2D eigenvalue weighted by Crippen LogP contribution is -2.51. The van der Waals surface area contributed by atoms with Gasteiger partial charge < -0.3 is 15.2 Å². The molecule has 0 aromatic heterocycles. The van der Waals surface area contributed by atoms with E-state index in [0.29, 0.717) is 6.54 Å². The molecule has 1 aromatic rings. The van der Waals surface area contributed by atoms with Crippen molar-refractivity contribution in [3.05, 3.63) is 35.9 Å². The monoisotopic (exact) mass is 292 g/mol. The summed E-state index contributed by atoms with van der Waals surface area (Å²) in [6, 6.07) is 10.6. The lowest BCUT2D eigenvalue weighted by molar-refractivity contribution is -0.00461. The van der Waals surface area contributed by atoms with Crippen LogP contribution in [0.15, 0.2) is 30.3 Å². The fourth-order valence-corrected chi connectivity index (χ4v) is 3.09. The smallest absolute Gasteiger partial charge is 0.0972 e. The molecular weight excluding hydrogens is 264 g/mol. The standard InChI is InChI=1S/C17H28N2O2/c1-17(13-18,10-9-14-7-5-4-6-8-14)19-11-15(20-2)16(12-19)21-3/h4-8,15-16H,9-13,18H2,1-3H3. The molecule has 0 radical (unpaired) electrons. The molecule has 0 saturated carbocycles. The normalized spacial score (nSPS) is 25.9. The highest BCUT2D eigenvalue weighted by atomic mass is 16.5. The molecule has 2 rings (SSSR count). The highest BCUT2D eigenvalue weighted by Gasteiger charge is 2.41. The molecule has 1 heterocycles. The van der Waals surface area contributed by atoms with Gasteiger partial charge in [0, 0.05) is 39.4 Å². The fourth-order valence-electron chi connectivity index (χ4n) is 3.09. The maximum Gasteiger partial charge on any atom is 0.0972 e. The first-order valence-corrected chi connectivity index (χ1v) is 7.67. The number of rotatable bonds is 7. The molecule has 1 saturated heterocycles. The zero-order valence-electron chi connectivity index (χ0n) is 13.4. The summed E-state index contributed by atoms with van der Waals surface area (Å²) in [5.41, 5.74) is 7.45. The van der Waals surface area contributed by atoms with Crippen molar-refractivity contribution in [2.45, 2.75) is 37.5 Å². The number of nitrogens with zero attached hydrogens (tertiary/aromatic N) is 1. The van der Waals surface area contributed by atoms with Crippen LogP contribution in [0.4, 0.5) is 0 Å². The summed E-state index contributed by atoms with van der Waals surface area (Å²) in [5.74, 6) is 0. The third-order valence-corrected chi connectivity index (χ3v) is 4.82. The topological polar surface area (TPSA) is 47.7 Å². The van der Waals surface area contributed by atoms with Crippen molar-refractivity contribution in [3.8, 4) is 0 Å². The first-order valence-electron chi connectivity index (χ1n) is 7.67. The van der Waals surface area contributed by atoms with Gasteiger partial charge in [0.15, 0.2) is 0 Å². The Labute approximate surface area is 128 Å². The summed E-state index contributed by atoms with van der Waals surface area (Å²) in [7, 11) is 3.51. The van der Waals surface area contributed by atoms with Gasteiger partial charge in [-0.3, -0.25) is 4.90 Å². The SMILES string of the molecule is COC1CN(C(C)(CN)CCc2ccccc2)CC1OC. The second-order valence-electron chi connectivity index (χ2n) is 6.14. The number of methoxy groups -OCH3 is 2. The van der Waals surface area contributed by atoms with Crippen molar-refractivity contribution in [1.82, 2.24) is 4.90 Å². The van der Waals surface area contributed by atoms with Crippen molar-refractivity contribution in [1.29, 1.82) is 0 Å². The van der Waals surface area contributed by atoms with E-state index in [4.69, 9.17) is 15.2 Å². The molecule has 0 spiro atoms. The van der Waals surface area contributed by atoms with Gasteiger partial charge in [0.05, 0.1) is 12.2 Å². The van der Waals surface area contributed by atoms with Gasteiger partial charge >= 0.3 is 0 Å². The van der Waals surface area contributed by atoms with Gasteiger partial charge in [-0.25, -0.2) is 0 Å². The number of hydrogen-bond acceptors (Lipinski definition) is 4. The van der Waals surface area contributed by atoms with E-state index in [0.717, 1.165) is 25.9 Å². The van der Waals surface area contributed by atoms with Crippen LogP contribution in [-0.2, 0) is 15.9 Å². The minimum absolute atomic E-state index is 0.0140. The Kier molecular flexibility index (Phi) is 5.76. The van der Waals surface area contributed by atoms with Gasteiger partial charge in [-0.1, -0.05) is 30.3 Å². The minimum atomic E-state index is -0.0140. The third-order valence-electron chi connectivity index (χ3n) is 4.82. The first-order chi connectivity index (χ1) is 10.1. The van der Waals surface area contributed by atoms with E-state index in [1.165, 1.54) is 5.56 Å². The average molecular weight is 292 g/mol. The lowest BCUT2D eigenvalue weighted by Gasteiger charge is -2.38. The molecule has 0 bridgehead atoms. The van der Waals surface area contributed by atoms with Gasteiger partial charge in [0.2, 0.25) is 0 Å². The summed E-state index contributed by atoms with van der Waals surface area (Å²) < 4.78 is 11.1. The second-order valence-corrected chi connectivity index (χ2v) is 6.14. The maximum absolute atomic E-state index is 6.10. The van der Waals surface area contributed by atoms with Crippen molar-refractivity contribution in [2.75, 3.05) is 33.9 Å². The van der Waals surface area contributed by atoms with Crippen LogP contribution >= 0.6 is 0 Å². The van der Waals surface area contributed by atoms with Crippen molar-refractivity contribution < 1.29 is 9.47 Å². The van der Waals surface area contributed by atoms with Crippen LogP contribution < -0.4 is 5.73 Å². The molecule has 0 aliphatic carbocycles. The minimum Gasteiger partial charge on any atom is -0.377 e. The summed E-state index contributed by atoms with van der Waals surface area (Å²) >= 11 is 0. The summed E-state index contributed by atoms with van der Waals surface area (Å²) in [6.45, 7) is 4.67. The van der Waals surface area contributed by atoms with E-state index in [1.807, 2.05) is 0 Å². The zero-order chi connectivity index (χ0) is 15.3. The highest BCUT2D eigenvalue weighted by Crippen LogP contribution is 2.27. The van der Waals surface area contributed by atoms with Gasteiger partial charge in [0.25, 0.3) is 0 Å². The molecule has 3 unspecified atom stereocenters. The van der Waals surface area contributed by atoms with E-state index in [1.54, 1.807) is 14.2 Å². The number of benzene rings is 1. The molecular formula is C17H28N2O2. The van der Waals surface area contributed by atoms with E-state index >= 15 is 0 Å². The molecule has 118 valence electrons. The van der Waals surface area contributed by atoms with Gasteiger partial charge in [0.1, 0.15) is 0 Å². The Hall–Kier alpha value is -0.940. The van der Waals surface area contributed by atoms with Gasteiger partial charge in [-0.05, 0) is 25.3 Å². The maximum atomic E-state index is 6.10. The molecule has 2 N–H and O–H groups in total. The largest absolute Gasteiger partial charge is 0.377 e. The molecule has 1 aliphatic heterocycles. The number of likely N-dealkylation sites (tertiary alicyclic amines) is 1. The predicted octanol–water partition coefficient (Wildman–Crippen LogP) is 1.68. The quantitative estimate of drug-likeness (QED) is 0.831. The lowest BCUT2D eigenvalue weighted by atomic mass is 9.91. The van der Waals surface area contributed by atoms with Crippen LogP contribution in [-0.4, -0.2) is 56.5 Å². The number of hydrogen-bond donors (Lipinski definition) is 1. The fraction of sp³-hybridized carbons (Fsp3) is 0.647. The zero-order valence-corrected chi connectivity index (χ0v) is 13.4. The summed E-state index contributed by atoms with van der Waals surface area (Å²) in [6.07, 6.45) is 2.36. The Morgan fingerprint density at radius 2 is 1.71 bits per heavy atom. The van der Waals surface area contributed by atoms with Crippen LogP contribution in [0.1, 0.15) is 18.9 Å². The van der Waals surface area contributed by atoms with E-state index in [9.17, 15) is 0 Å². The molecule has 1 aromatic carbocycles. The molecule has 1 fully saturated rings. The van der Waals surface area contributed by atoms with E-state index in [-0.39, 0.29) is 17.7 Å². The highest BCUT2D eigenvalue weighted by molar-refractivity contribution is 5.15. The summed E-state index contributed by atoms with van der Waals surface area (Å²) in [5, 5.41) is 0. The van der Waals surface area contributed by atoms with Crippen LogP contribution in [0.5, 0.6) is 0 Å². The van der Waals surface area contributed by atoms with E-state index in [2.05, 4.69) is 42.2 Å². The Morgan fingerprint density at radius 1 is 1.14 bits per heavy atom.